The number of aliphatic carboxylic acids is 1. The van der Waals surface area contributed by atoms with Crippen molar-refractivity contribution in [3.63, 3.8) is 0 Å². The number of hydrogen-bond acceptors (Lipinski definition) is 6. The van der Waals surface area contributed by atoms with E-state index in [1.807, 2.05) is 24.3 Å². The number of aryl methyl sites for hydroxylation is 2. The van der Waals surface area contributed by atoms with Crippen LogP contribution >= 0.6 is 11.8 Å². The molecule has 0 saturated carbocycles. The molecule has 7 nitrogen and oxygen atoms in total. The van der Waals surface area contributed by atoms with Gasteiger partial charge in [-0.1, -0.05) is 23.4 Å². The Morgan fingerprint density at radius 2 is 1.85 bits per heavy atom. The number of rotatable bonds is 8. The number of ether oxygens (including phenoxy) is 1. The normalized spacial score (nSPS) is 12.0. The number of carboxylic acid groups (broad SMARTS) is 1. The topological polar surface area (TPSA) is 94.3 Å². The number of halogens is 1. The van der Waals surface area contributed by atoms with E-state index in [1.165, 1.54) is 29.6 Å². The molecule has 0 radical (unpaired) electrons. The first-order chi connectivity index (χ1) is 16.4. The summed E-state index contributed by atoms with van der Waals surface area (Å²) in [5.41, 5.74) is 2.45. The molecule has 174 valence electrons. The Morgan fingerprint density at radius 3 is 2.53 bits per heavy atom. The SMILES string of the molecule is COc1ccc2c(=O)n(CCC(Sc3ccc(-c4ccc(F)c(C)c4)cc3)C(=O)O)nnc2c1. The summed E-state index contributed by atoms with van der Waals surface area (Å²) in [5.74, 6) is -0.660. The molecule has 0 aliphatic rings. The summed E-state index contributed by atoms with van der Waals surface area (Å²) in [6.07, 6.45) is 0.190. The van der Waals surface area contributed by atoms with Gasteiger partial charge in [-0.25, -0.2) is 9.07 Å². The van der Waals surface area contributed by atoms with E-state index in [1.54, 1.807) is 37.3 Å². The molecule has 0 aliphatic carbocycles. The average Bonchev–Trinajstić information content (AvgIpc) is 2.84. The third-order valence-corrected chi connectivity index (χ3v) is 6.70. The molecule has 0 bridgehead atoms. The summed E-state index contributed by atoms with van der Waals surface area (Å²) in [6.45, 7) is 1.83. The Morgan fingerprint density at radius 1 is 1.12 bits per heavy atom. The molecule has 1 N–H and O–H groups in total. The van der Waals surface area contributed by atoms with Crippen LogP contribution < -0.4 is 10.3 Å². The quantitative estimate of drug-likeness (QED) is 0.371. The van der Waals surface area contributed by atoms with Gasteiger partial charge in [-0.2, -0.15) is 0 Å². The number of fused-ring (bicyclic) bond motifs is 1. The first kappa shape index (κ1) is 23.4. The molecule has 1 aromatic heterocycles. The zero-order valence-electron chi connectivity index (χ0n) is 18.6. The molecule has 34 heavy (non-hydrogen) atoms. The minimum Gasteiger partial charge on any atom is -0.497 e. The summed E-state index contributed by atoms with van der Waals surface area (Å²) in [5, 5.41) is 17.3. The summed E-state index contributed by atoms with van der Waals surface area (Å²) in [7, 11) is 1.52. The van der Waals surface area contributed by atoms with E-state index < -0.39 is 11.2 Å². The van der Waals surface area contributed by atoms with Crippen molar-refractivity contribution in [1.82, 2.24) is 15.0 Å². The second-order valence-electron chi connectivity index (χ2n) is 7.72. The predicted octanol–water partition coefficient (Wildman–Crippen LogP) is 4.55. The number of hydrogen-bond donors (Lipinski definition) is 1. The highest BCUT2D eigenvalue weighted by molar-refractivity contribution is 8.00. The molecule has 1 atom stereocenters. The van der Waals surface area contributed by atoms with Crippen LogP contribution in [0.25, 0.3) is 22.0 Å². The van der Waals surface area contributed by atoms with E-state index in [0.717, 1.165) is 16.0 Å². The van der Waals surface area contributed by atoms with Crippen molar-refractivity contribution in [3.8, 4) is 16.9 Å². The smallest absolute Gasteiger partial charge is 0.317 e. The number of nitrogens with zero attached hydrogens (tertiary/aromatic N) is 3. The number of carboxylic acids is 1. The molecule has 9 heteroatoms. The largest absolute Gasteiger partial charge is 0.497 e. The highest BCUT2D eigenvalue weighted by Crippen LogP contribution is 2.29. The molecule has 0 amide bonds. The van der Waals surface area contributed by atoms with Crippen LogP contribution in [0.2, 0.25) is 0 Å². The Hall–Kier alpha value is -3.72. The molecule has 0 saturated heterocycles. The van der Waals surface area contributed by atoms with Gasteiger partial charge >= 0.3 is 5.97 Å². The molecule has 3 aromatic carbocycles. The lowest BCUT2D eigenvalue weighted by Gasteiger charge is -2.13. The van der Waals surface area contributed by atoms with Crippen molar-refractivity contribution in [3.05, 3.63) is 82.4 Å². The van der Waals surface area contributed by atoms with Gasteiger partial charge in [0.2, 0.25) is 0 Å². The maximum Gasteiger partial charge on any atom is 0.317 e. The number of aromatic nitrogens is 3. The van der Waals surface area contributed by atoms with Crippen LogP contribution in [0, 0.1) is 12.7 Å². The van der Waals surface area contributed by atoms with E-state index in [-0.39, 0.29) is 24.3 Å². The number of benzene rings is 3. The van der Waals surface area contributed by atoms with Crippen molar-refractivity contribution < 1.29 is 19.0 Å². The van der Waals surface area contributed by atoms with E-state index in [9.17, 15) is 19.1 Å². The van der Waals surface area contributed by atoms with Crippen LogP contribution in [-0.4, -0.2) is 38.4 Å². The van der Waals surface area contributed by atoms with Crippen LogP contribution in [0.15, 0.2) is 70.4 Å². The first-order valence-electron chi connectivity index (χ1n) is 10.5. The number of methoxy groups -OCH3 is 1. The summed E-state index contributed by atoms with van der Waals surface area (Å²) in [6, 6.07) is 17.3. The maximum absolute atomic E-state index is 13.5. The Bertz CT molecular complexity index is 1410. The van der Waals surface area contributed by atoms with Crippen LogP contribution in [0.1, 0.15) is 12.0 Å². The molecule has 1 unspecified atom stereocenters. The van der Waals surface area contributed by atoms with Gasteiger partial charge in [0.05, 0.1) is 12.5 Å². The lowest BCUT2D eigenvalue weighted by atomic mass is 10.0. The molecule has 4 aromatic rings. The van der Waals surface area contributed by atoms with E-state index >= 15 is 0 Å². The van der Waals surface area contributed by atoms with E-state index in [0.29, 0.717) is 22.2 Å². The van der Waals surface area contributed by atoms with Crippen molar-refractivity contribution >= 4 is 28.6 Å². The molecule has 4 rings (SSSR count). The van der Waals surface area contributed by atoms with Crippen LogP contribution in [0.3, 0.4) is 0 Å². The molecule has 0 spiro atoms. The minimum atomic E-state index is -0.977. The van der Waals surface area contributed by atoms with Crippen LogP contribution in [0.4, 0.5) is 4.39 Å². The Kier molecular flexibility index (Phi) is 6.93. The second kappa shape index (κ2) is 10.0. The van der Waals surface area contributed by atoms with Gasteiger partial charge in [0.25, 0.3) is 5.56 Å². The standard InChI is InChI=1S/C25H22FN3O4S/c1-15-13-17(5-10-21(15)26)16-3-7-19(8-4-16)34-23(25(31)32)11-12-29-24(30)20-9-6-18(33-2)14-22(20)27-28-29/h3-10,13-14,23H,11-12H2,1-2H3,(H,31,32). The van der Waals surface area contributed by atoms with Crippen molar-refractivity contribution in [1.29, 1.82) is 0 Å². The van der Waals surface area contributed by atoms with Gasteiger partial charge < -0.3 is 9.84 Å². The maximum atomic E-state index is 13.5. The molecule has 0 aliphatic heterocycles. The predicted molar refractivity (Wildman–Crippen MR) is 129 cm³/mol. The van der Waals surface area contributed by atoms with Gasteiger partial charge in [0, 0.05) is 17.5 Å². The third-order valence-electron chi connectivity index (χ3n) is 5.43. The first-order valence-corrected chi connectivity index (χ1v) is 11.4. The zero-order chi connectivity index (χ0) is 24.2. The molecular weight excluding hydrogens is 457 g/mol. The summed E-state index contributed by atoms with van der Waals surface area (Å²) >= 11 is 1.20. The lowest BCUT2D eigenvalue weighted by molar-refractivity contribution is -0.136. The Labute approximate surface area is 199 Å². The van der Waals surface area contributed by atoms with E-state index in [4.69, 9.17) is 4.74 Å². The fraction of sp³-hybridized carbons (Fsp3) is 0.200. The van der Waals surface area contributed by atoms with Crippen LogP contribution in [0.5, 0.6) is 5.75 Å². The molecule has 1 heterocycles. The highest BCUT2D eigenvalue weighted by atomic mass is 32.2. The van der Waals surface area contributed by atoms with Crippen LogP contribution in [-0.2, 0) is 11.3 Å². The second-order valence-corrected chi connectivity index (χ2v) is 9.00. The van der Waals surface area contributed by atoms with Gasteiger partial charge in [0.15, 0.2) is 0 Å². The number of carbonyl (C=O) groups is 1. The third kappa shape index (κ3) is 5.09. The van der Waals surface area contributed by atoms with Gasteiger partial charge in [-0.3, -0.25) is 9.59 Å². The van der Waals surface area contributed by atoms with Gasteiger partial charge in [-0.05, 0) is 66.4 Å². The van der Waals surface area contributed by atoms with Gasteiger partial charge in [0.1, 0.15) is 22.3 Å². The fourth-order valence-corrected chi connectivity index (χ4v) is 4.46. The lowest BCUT2D eigenvalue weighted by Crippen LogP contribution is -2.27. The molecular formula is C25H22FN3O4S. The number of thioether (sulfide) groups is 1. The monoisotopic (exact) mass is 479 g/mol. The average molecular weight is 480 g/mol. The van der Waals surface area contributed by atoms with E-state index in [2.05, 4.69) is 10.3 Å². The molecule has 0 fully saturated rings. The zero-order valence-corrected chi connectivity index (χ0v) is 19.4. The highest BCUT2D eigenvalue weighted by Gasteiger charge is 2.20. The fourth-order valence-electron chi connectivity index (χ4n) is 3.52. The summed E-state index contributed by atoms with van der Waals surface area (Å²) in [4.78, 5) is 25.4. The Balaban J connectivity index is 1.47. The van der Waals surface area contributed by atoms with Crippen molar-refractivity contribution in [2.24, 2.45) is 0 Å². The summed E-state index contributed by atoms with van der Waals surface area (Å²) < 4.78 is 19.9. The minimum absolute atomic E-state index is 0.116. The van der Waals surface area contributed by atoms with Gasteiger partial charge in [-0.15, -0.1) is 16.9 Å². The van der Waals surface area contributed by atoms with Crippen molar-refractivity contribution in [2.75, 3.05) is 7.11 Å². The van der Waals surface area contributed by atoms with Crippen molar-refractivity contribution in [2.45, 2.75) is 30.0 Å².